The normalized spacial score (nSPS) is 14.8. The summed E-state index contributed by atoms with van der Waals surface area (Å²) in [6, 6.07) is -0.425. The number of carbonyl (C=O) groups is 1. The summed E-state index contributed by atoms with van der Waals surface area (Å²) in [6.07, 6.45) is 0. The molecule has 0 amide bonds. The average molecular weight is 153 g/mol. The molecule has 3 atom stereocenters. The van der Waals surface area contributed by atoms with Crippen molar-refractivity contribution < 1.29 is 9.90 Å². The van der Waals surface area contributed by atoms with Gasteiger partial charge in [-0.2, -0.15) is 0 Å². The van der Waals surface area contributed by atoms with Crippen LogP contribution in [-0.2, 0) is 4.79 Å². The van der Waals surface area contributed by atoms with Crippen LogP contribution in [0.15, 0.2) is 0 Å². The molecule has 0 fully saturated rings. The van der Waals surface area contributed by atoms with E-state index in [2.05, 4.69) is 14.0 Å². The fourth-order valence-electron chi connectivity index (χ4n) is 0.187. The predicted molar refractivity (Wildman–Crippen MR) is 38.3 cm³/mol. The van der Waals surface area contributed by atoms with Crippen LogP contribution in [0.2, 0.25) is 0 Å². The fourth-order valence-corrected chi connectivity index (χ4v) is 1.31. The van der Waals surface area contributed by atoms with Gasteiger partial charge in [0.1, 0.15) is 6.04 Å². The lowest BCUT2D eigenvalue weighted by molar-refractivity contribution is -0.138. The quantitative estimate of drug-likeness (QED) is 0.578. The van der Waals surface area contributed by atoms with Crippen LogP contribution in [0.25, 0.3) is 0 Å². The number of rotatable bonds is 3. The van der Waals surface area contributed by atoms with Crippen LogP contribution >= 0.6 is 17.3 Å². The maximum atomic E-state index is 10.0. The molecule has 0 bridgehead atoms. The van der Waals surface area contributed by atoms with Crippen molar-refractivity contribution in [2.45, 2.75) is 13.0 Å². The van der Waals surface area contributed by atoms with Crippen LogP contribution in [0.3, 0.4) is 0 Å². The minimum atomic E-state index is -0.806. The maximum absolute atomic E-state index is 10.0. The molecule has 2 unspecified atom stereocenters. The molecular weight excluding hydrogens is 144 g/mol. The van der Waals surface area contributed by atoms with Gasteiger partial charge in [0.15, 0.2) is 0 Å². The molecule has 0 spiro atoms. The Morgan fingerprint density at radius 3 is 2.62 bits per heavy atom. The van der Waals surface area contributed by atoms with Gasteiger partial charge in [-0.3, -0.25) is 9.88 Å². The van der Waals surface area contributed by atoms with Crippen LogP contribution < -0.4 is 5.09 Å². The Labute approximate surface area is 52.2 Å². The monoisotopic (exact) mass is 153 g/mol. The second-order valence-corrected chi connectivity index (χ2v) is 2.79. The molecule has 0 rings (SSSR count). The van der Waals surface area contributed by atoms with Crippen LogP contribution in [0.4, 0.5) is 0 Å². The molecule has 0 aromatic heterocycles. The van der Waals surface area contributed by atoms with Crippen molar-refractivity contribution >= 4 is 23.3 Å². The lowest BCUT2D eigenvalue weighted by Crippen LogP contribution is -2.26. The van der Waals surface area contributed by atoms with Crippen molar-refractivity contribution in [3.63, 3.8) is 0 Å². The lowest BCUT2D eigenvalue weighted by atomic mass is 10.4. The summed E-state index contributed by atoms with van der Waals surface area (Å²) in [5.74, 6) is -0.806. The zero-order chi connectivity index (χ0) is 6.57. The third-order valence-electron chi connectivity index (χ3n) is 0.670. The summed E-state index contributed by atoms with van der Waals surface area (Å²) in [7, 11) is 2.84. The van der Waals surface area contributed by atoms with Crippen LogP contribution in [0.5, 0.6) is 0 Å². The van der Waals surface area contributed by atoms with Gasteiger partial charge in [-0.1, -0.05) is 8.93 Å². The Kier molecular flexibility index (Phi) is 4.35. The second-order valence-electron chi connectivity index (χ2n) is 1.35. The highest BCUT2D eigenvalue weighted by Crippen LogP contribution is 2.14. The fraction of sp³-hybridized carbons (Fsp3) is 0.667. The molecule has 2 N–H and O–H groups in total. The molecule has 0 aromatic rings. The van der Waals surface area contributed by atoms with Gasteiger partial charge in [0.25, 0.3) is 0 Å². The van der Waals surface area contributed by atoms with Gasteiger partial charge in [0.2, 0.25) is 0 Å². The number of carboxylic acid groups (broad SMARTS) is 1. The number of nitrogens with one attached hydrogen (secondary N) is 1. The molecule has 0 aliphatic heterocycles. The van der Waals surface area contributed by atoms with Crippen molar-refractivity contribution in [2.24, 2.45) is 0 Å². The number of hydrogen-bond donors (Lipinski definition) is 2. The lowest BCUT2D eigenvalue weighted by Gasteiger charge is -2.03. The van der Waals surface area contributed by atoms with E-state index in [-0.39, 0.29) is 0 Å². The highest BCUT2D eigenvalue weighted by Gasteiger charge is 2.06. The van der Waals surface area contributed by atoms with Gasteiger partial charge < -0.3 is 5.11 Å². The first kappa shape index (κ1) is 8.29. The first-order valence-electron chi connectivity index (χ1n) is 2.12. The zero-order valence-corrected chi connectivity index (χ0v) is 6.66. The Morgan fingerprint density at radius 1 is 2.00 bits per heavy atom. The van der Waals surface area contributed by atoms with Crippen LogP contribution in [-0.4, -0.2) is 17.1 Å². The van der Waals surface area contributed by atoms with E-state index < -0.39 is 12.0 Å². The van der Waals surface area contributed by atoms with Crippen molar-refractivity contribution in [3.8, 4) is 0 Å². The van der Waals surface area contributed by atoms with E-state index in [1.807, 2.05) is 0 Å². The summed E-state index contributed by atoms with van der Waals surface area (Å²) >= 11 is 0. The highest BCUT2D eigenvalue weighted by atomic mass is 32.0. The largest absolute Gasteiger partial charge is 0.480 e. The molecule has 0 saturated heterocycles. The van der Waals surface area contributed by atoms with Gasteiger partial charge >= 0.3 is 5.97 Å². The van der Waals surface area contributed by atoms with E-state index in [4.69, 9.17) is 5.11 Å². The Bertz CT molecular complexity index is 87.4. The molecule has 0 aliphatic rings. The van der Waals surface area contributed by atoms with Crippen LogP contribution in [0, 0.1) is 0 Å². The van der Waals surface area contributed by atoms with E-state index >= 15 is 0 Å². The minimum absolute atomic E-state index is 0.417. The van der Waals surface area contributed by atoms with Crippen molar-refractivity contribution in [2.75, 3.05) is 0 Å². The Balaban J connectivity index is 3.32. The van der Waals surface area contributed by atoms with E-state index in [1.54, 1.807) is 6.92 Å². The second kappa shape index (κ2) is 4.20. The van der Waals surface area contributed by atoms with Gasteiger partial charge in [-0.05, 0) is 15.3 Å². The van der Waals surface area contributed by atoms with E-state index in [0.717, 1.165) is 0 Å². The standard InChI is InChI=1S/C3H9NO2P2/c1-2(3(5)6)4-8-7/h2,4,8H,7H2,1H3,(H,5,6)/t2-/m0/s1. The molecule has 0 aliphatic carbocycles. The predicted octanol–water partition coefficient (Wildman–Crippen LogP) is 0.433. The molecule has 0 radical (unpaired) electrons. The Morgan fingerprint density at radius 2 is 2.50 bits per heavy atom. The van der Waals surface area contributed by atoms with E-state index in [1.165, 1.54) is 0 Å². The van der Waals surface area contributed by atoms with Crippen molar-refractivity contribution in [1.82, 2.24) is 5.09 Å². The number of aliphatic carboxylic acids is 1. The third-order valence-corrected chi connectivity index (χ3v) is 1.77. The molecule has 0 heterocycles. The zero-order valence-electron chi connectivity index (χ0n) is 4.51. The van der Waals surface area contributed by atoms with Crippen molar-refractivity contribution in [1.29, 1.82) is 0 Å². The van der Waals surface area contributed by atoms with E-state index in [0.29, 0.717) is 8.42 Å². The average Bonchev–Trinajstić information content (AvgIpc) is 1.67. The first-order valence-corrected chi connectivity index (χ1v) is 4.93. The molecular formula is C3H9NO2P2. The summed E-state index contributed by atoms with van der Waals surface area (Å²) < 4.78 is 0. The molecule has 5 heteroatoms. The molecule has 8 heavy (non-hydrogen) atoms. The third kappa shape index (κ3) is 3.31. The molecule has 0 aromatic carbocycles. The Hall–Kier alpha value is 0.290. The molecule has 3 nitrogen and oxygen atoms in total. The maximum Gasteiger partial charge on any atom is 0.320 e. The SMILES string of the molecule is C[C@H](NPP)C(=O)O. The highest BCUT2D eigenvalue weighted by molar-refractivity contribution is 8.01. The molecule has 0 saturated carbocycles. The summed E-state index contributed by atoms with van der Waals surface area (Å²) in [5.41, 5.74) is 0. The summed E-state index contributed by atoms with van der Waals surface area (Å²) in [5, 5.41) is 11.0. The number of hydrogen-bond acceptors (Lipinski definition) is 2. The van der Waals surface area contributed by atoms with Gasteiger partial charge in [-0.25, -0.2) is 0 Å². The first-order chi connectivity index (χ1) is 3.68. The summed E-state index contributed by atoms with van der Waals surface area (Å²) in [6.45, 7) is 1.61. The summed E-state index contributed by atoms with van der Waals surface area (Å²) in [4.78, 5) is 10.0. The molecule has 48 valence electrons. The van der Waals surface area contributed by atoms with E-state index in [9.17, 15) is 4.79 Å². The smallest absolute Gasteiger partial charge is 0.320 e. The number of carboxylic acids is 1. The van der Waals surface area contributed by atoms with Gasteiger partial charge in [0.05, 0.1) is 0 Å². The van der Waals surface area contributed by atoms with Gasteiger partial charge in [0, 0.05) is 0 Å². The topological polar surface area (TPSA) is 49.3 Å². The minimum Gasteiger partial charge on any atom is -0.480 e. The van der Waals surface area contributed by atoms with Crippen molar-refractivity contribution in [3.05, 3.63) is 0 Å². The van der Waals surface area contributed by atoms with Crippen LogP contribution in [0.1, 0.15) is 6.92 Å². The van der Waals surface area contributed by atoms with Gasteiger partial charge in [-0.15, -0.1) is 0 Å².